The van der Waals surface area contributed by atoms with E-state index in [9.17, 15) is 19.7 Å². The van der Waals surface area contributed by atoms with E-state index in [4.69, 9.17) is 0 Å². The molecule has 6 nitrogen and oxygen atoms in total. The molecule has 24 heavy (non-hydrogen) atoms. The Morgan fingerprint density at radius 2 is 1.67 bits per heavy atom. The van der Waals surface area contributed by atoms with Gasteiger partial charge in [-0.2, -0.15) is 0 Å². The number of carbonyl (C=O) groups excluding carboxylic acids is 2. The molecule has 0 atom stereocenters. The van der Waals surface area contributed by atoms with Crippen LogP contribution in [-0.4, -0.2) is 30.6 Å². The maximum atomic E-state index is 12.5. The molecule has 1 aliphatic rings. The summed E-state index contributed by atoms with van der Waals surface area (Å²) in [4.78, 5) is 37.3. The van der Waals surface area contributed by atoms with E-state index in [1.165, 1.54) is 24.3 Å². The maximum Gasteiger partial charge on any atom is 0.281 e. The van der Waals surface area contributed by atoms with Gasteiger partial charge in [0.15, 0.2) is 5.78 Å². The maximum absolute atomic E-state index is 12.5. The van der Waals surface area contributed by atoms with Crippen molar-refractivity contribution >= 4 is 29.0 Å². The number of carbonyl (C=O) groups is 2. The highest BCUT2D eigenvalue weighted by Gasteiger charge is 2.38. The quantitative estimate of drug-likeness (QED) is 0.375. The first-order valence-electron chi connectivity index (χ1n) is 7.26. The minimum atomic E-state index is -0.640. The van der Waals surface area contributed by atoms with Crippen LogP contribution in [0.4, 0.5) is 11.4 Å². The molecule has 0 N–H and O–H groups in total. The Hall–Kier alpha value is -3.28. The summed E-state index contributed by atoms with van der Waals surface area (Å²) < 4.78 is 0. The summed E-state index contributed by atoms with van der Waals surface area (Å²) in [6, 6.07) is 11.4. The highest BCUT2D eigenvalue weighted by molar-refractivity contribution is 6.42. The molecule has 0 heterocycles. The number of ketones is 2. The summed E-state index contributed by atoms with van der Waals surface area (Å²) in [5.74, 6) is -1.07. The van der Waals surface area contributed by atoms with E-state index in [1.54, 1.807) is 12.1 Å². The number of benzene rings is 2. The Morgan fingerprint density at radius 3 is 2.25 bits per heavy atom. The molecule has 1 aliphatic carbocycles. The first kappa shape index (κ1) is 15.6. The average Bonchev–Trinajstić information content (AvgIpc) is 2.80. The Kier molecular flexibility index (Phi) is 3.73. The number of nitro benzene ring substituents is 1. The van der Waals surface area contributed by atoms with Gasteiger partial charge in [-0.1, -0.05) is 18.2 Å². The number of anilines is 1. The first-order valence-corrected chi connectivity index (χ1v) is 7.26. The monoisotopic (exact) mass is 322 g/mol. The lowest BCUT2D eigenvalue weighted by atomic mass is 10.1. The zero-order chi connectivity index (χ0) is 17.4. The lowest BCUT2D eigenvalue weighted by Crippen LogP contribution is -2.08. The molecule has 6 heteroatoms. The van der Waals surface area contributed by atoms with Gasteiger partial charge in [0.25, 0.3) is 5.69 Å². The van der Waals surface area contributed by atoms with E-state index in [0.717, 1.165) is 5.69 Å². The van der Waals surface area contributed by atoms with Crippen molar-refractivity contribution in [2.24, 2.45) is 0 Å². The molecule has 3 rings (SSSR count). The Balaban J connectivity index is 2.05. The highest BCUT2D eigenvalue weighted by atomic mass is 16.6. The third-order valence-corrected chi connectivity index (χ3v) is 3.92. The molecule has 0 amide bonds. The summed E-state index contributed by atoms with van der Waals surface area (Å²) in [6.07, 6.45) is 1.48. The summed E-state index contributed by atoms with van der Waals surface area (Å²) in [6.45, 7) is 0. The van der Waals surface area contributed by atoms with Crippen LogP contribution in [0.15, 0.2) is 48.0 Å². The van der Waals surface area contributed by atoms with Gasteiger partial charge >= 0.3 is 0 Å². The lowest BCUT2D eigenvalue weighted by molar-refractivity contribution is -0.385. The van der Waals surface area contributed by atoms with Gasteiger partial charge in [-0.25, -0.2) is 0 Å². The number of hydrogen-bond acceptors (Lipinski definition) is 5. The van der Waals surface area contributed by atoms with E-state index in [-0.39, 0.29) is 22.4 Å². The van der Waals surface area contributed by atoms with Gasteiger partial charge in [-0.05, 0) is 29.8 Å². The van der Waals surface area contributed by atoms with Crippen LogP contribution in [0.2, 0.25) is 0 Å². The molecule has 0 saturated carbocycles. The fourth-order valence-electron chi connectivity index (χ4n) is 2.67. The fraction of sp³-hybridized carbons (Fsp3) is 0.111. The van der Waals surface area contributed by atoms with Crippen LogP contribution in [-0.2, 0) is 0 Å². The molecular weight excluding hydrogens is 308 g/mol. The van der Waals surface area contributed by atoms with Crippen molar-refractivity contribution in [3.05, 3.63) is 74.8 Å². The van der Waals surface area contributed by atoms with Crippen LogP contribution in [0.25, 0.3) is 6.08 Å². The van der Waals surface area contributed by atoms with Crippen LogP contribution in [0.5, 0.6) is 0 Å². The molecule has 0 radical (unpaired) electrons. The first-order chi connectivity index (χ1) is 11.4. The average molecular weight is 322 g/mol. The standard InChI is InChI=1S/C18H14N2O4/c1-19(2)12-8-6-11(7-9-12)10-14-17(21)13-4-3-5-15(20(23)24)16(13)18(14)22/h3-10H,1-2H3/b14-10-. The fourth-order valence-corrected chi connectivity index (χ4v) is 2.67. The molecule has 2 aromatic rings. The number of allylic oxidation sites excluding steroid dienone is 1. The summed E-state index contributed by atoms with van der Waals surface area (Å²) in [5.41, 5.74) is 1.26. The van der Waals surface area contributed by atoms with Gasteiger partial charge in [0, 0.05) is 31.4 Å². The van der Waals surface area contributed by atoms with Crippen LogP contribution >= 0.6 is 0 Å². The predicted molar refractivity (Wildman–Crippen MR) is 90.5 cm³/mol. The van der Waals surface area contributed by atoms with Gasteiger partial charge in [0.05, 0.1) is 10.5 Å². The third kappa shape index (κ3) is 2.48. The zero-order valence-electron chi connectivity index (χ0n) is 13.1. The van der Waals surface area contributed by atoms with Crippen LogP contribution in [0, 0.1) is 10.1 Å². The van der Waals surface area contributed by atoms with E-state index >= 15 is 0 Å². The van der Waals surface area contributed by atoms with Gasteiger partial charge in [0.1, 0.15) is 5.56 Å². The van der Waals surface area contributed by atoms with Gasteiger partial charge < -0.3 is 4.90 Å². The molecule has 0 spiro atoms. The van der Waals surface area contributed by atoms with E-state index < -0.39 is 16.5 Å². The molecule has 0 aliphatic heterocycles. The summed E-state index contributed by atoms with van der Waals surface area (Å²) in [7, 11) is 3.82. The van der Waals surface area contributed by atoms with Crippen molar-refractivity contribution < 1.29 is 14.5 Å². The van der Waals surface area contributed by atoms with Crippen LogP contribution < -0.4 is 4.90 Å². The molecule has 2 aromatic carbocycles. The number of fused-ring (bicyclic) bond motifs is 1. The second-order valence-electron chi connectivity index (χ2n) is 5.66. The van der Waals surface area contributed by atoms with Gasteiger partial charge in [-0.15, -0.1) is 0 Å². The van der Waals surface area contributed by atoms with Crippen molar-refractivity contribution in [2.75, 3.05) is 19.0 Å². The smallest absolute Gasteiger partial charge is 0.281 e. The minimum absolute atomic E-state index is 0.0445. The summed E-state index contributed by atoms with van der Waals surface area (Å²) in [5, 5.41) is 11.1. The number of rotatable bonds is 3. The van der Waals surface area contributed by atoms with Crippen LogP contribution in [0.3, 0.4) is 0 Å². The predicted octanol–water partition coefficient (Wildman–Crippen LogP) is 3.12. The molecule has 0 bridgehead atoms. The molecule has 0 saturated heterocycles. The molecule has 0 fully saturated rings. The van der Waals surface area contributed by atoms with Gasteiger partial charge in [0.2, 0.25) is 5.78 Å². The largest absolute Gasteiger partial charge is 0.378 e. The van der Waals surface area contributed by atoms with Crippen molar-refractivity contribution in [1.29, 1.82) is 0 Å². The molecule has 0 unspecified atom stereocenters. The van der Waals surface area contributed by atoms with E-state index in [0.29, 0.717) is 5.56 Å². The minimum Gasteiger partial charge on any atom is -0.378 e. The second-order valence-corrected chi connectivity index (χ2v) is 5.66. The Morgan fingerprint density at radius 1 is 1.00 bits per heavy atom. The van der Waals surface area contributed by atoms with Crippen molar-refractivity contribution in [3.8, 4) is 0 Å². The molecule has 120 valence electrons. The highest BCUT2D eigenvalue weighted by Crippen LogP contribution is 2.34. The Labute approximate surface area is 138 Å². The van der Waals surface area contributed by atoms with Crippen molar-refractivity contribution in [1.82, 2.24) is 0 Å². The van der Waals surface area contributed by atoms with Gasteiger partial charge in [-0.3, -0.25) is 19.7 Å². The molecular formula is C18H14N2O4. The van der Waals surface area contributed by atoms with Crippen molar-refractivity contribution in [2.45, 2.75) is 0 Å². The SMILES string of the molecule is CN(C)c1ccc(/C=C2/C(=O)c3cccc([N+](=O)[O-])c3C2=O)cc1. The lowest BCUT2D eigenvalue weighted by Gasteiger charge is -2.11. The van der Waals surface area contributed by atoms with E-state index in [2.05, 4.69) is 0 Å². The number of Topliss-reactive ketones (excluding diaryl/α,β-unsaturated/α-hetero) is 2. The topological polar surface area (TPSA) is 80.5 Å². The summed E-state index contributed by atoms with van der Waals surface area (Å²) >= 11 is 0. The third-order valence-electron chi connectivity index (χ3n) is 3.92. The van der Waals surface area contributed by atoms with Crippen LogP contribution in [0.1, 0.15) is 26.3 Å². The Bertz CT molecular complexity index is 896. The van der Waals surface area contributed by atoms with Crippen molar-refractivity contribution in [3.63, 3.8) is 0 Å². The number of hydrogen-bond donors (Lipinski definition) is 0. The van der Waals surface area contributed by atoms with E-state index in [1.807, 2.05) is 31.1 Å². The second kappa shape index (κ2) is 5.73. The zero-order valence-corrected chi connectivity index (χ0v) is 13.1. The normalized spacial score (nSPS) is 14.8. The molecule has 0 aromatic heterocycles. The number of nitrogens with zero attached hydrogens (tertiary/aromatic N) is 2. The number of nitro groups is 1.